The molecule has 16 heavy (non-hydrogen) atoms. The SMILES string of the molecule is CNc1nc(C)cn1-c1ccc(F)cc1F. The summed E-state index contributed by atoms with van der Waals surface area (Å²) >= 11 is 0. The Morgan fingerprint density at radius 2 is 2.06 bits per heavy atom. The summed E-state index contributed by atoms with van der Waals surface area (Å²) in [7, 11) is 1.69. The second kappa shape index (κ2) is 3.92. The van der Waals surface area contributed by atoms with Gasteiger partial charge in [0.1, 0.15) is 11.6 Å². The molecule has 2 aromatic rings. The Balaban J connectivity index is 2.57. The number of benzene rings is 1. The predicted molar refractivity (Wildman–Crippen MR) is 57.8 cm³/mol. The molecule has 5 heteroatoms. The van der Waals surface area contributed by atoms with Gasteiger partial charge < -0.3 is 5.32 Å². The molecule has 0 radical (unpaired) electrons. The zero-order chi connectivity index (χ0) is 11.7. The van der Waals surface area contributed by atoms with Crippen LogP contribution in [0.1, 0.15) is 5.69 Å². The Morgan fingerprint density at radius 1 is 1.31 bits per heavy atom. The van der Waals surface area contributed by atoms with E-state index in [0.717, 1.165) is 11.8 Å². The molecule has 0 saturated carbocycles. The van der Waals surface area contributed by atoms with Gasteiger partial charge in [0, 0.05) is 19.3 Å². The lowest BCUT2D eigenvalue weighted by atomic mass is 10.3. The van der Waals surface area contributed by atoms with Gasteiger partial charge in [-0.1, -0.05) is 0 Å². The van der Waals surface area contributed by atoms with Gasteiger partial charge in [0.2, 0.25) is 5.95 Å². The Bertz CT molecular complexity index is 520. The third-order valence-corrected chi connectivity index (χ3v) is 2.22. The smallest absolute Gasteiger partial charge is 0.207 e. The molecular formula is C11H11F2N3. The standard InChI is InChI=1S/C11H11F2N3/c1-7-6-16(11(14-2)15-7)10-4-3-8(12)5-9(10)13/h3-6H,1-2H3,(H,14,15). The number of halogens is 2. The van der Waals surface area contributed by atoms with Crippen LogP contribution in [0.4, 0.5) is 14.7 Å². The van der Waals surface area contributed by atoms with E-state index in [1.54, 1.807) is 24.7 Å². The molecule has 0 saturated heterocycles. The maximum atomic E-state index is 13.5. The van der Waals surface area contributed by atoms with Gasteiger partial charge in [-0.05, 0) is 19.1 Å². The fraction of sp³-hybridized carbons (Fsp3) is 0.182. The highest BCUT2D eigenvalue weighted by molar-refractivity contribution is 5.43. The van der Waals surface area contributed by atoms with Crippen LogP contribution in [0.5, 0.6) is 0 Å². The van der Waals surface area contributed by atoms with E-state index in [1.807, 2.05) is 0 Å². The zero-order valence-electron chi connectivity index (χ0n) is 8.96. The van der Waals surface area contributed by atoms with Crippen molar-refractivity contribution in [1.29, 1.82) is 0 Å². The average molecular weight is 223 g/mol. The van der Waals surface area contributed by atoms with E-state index in [1.165, 1.54) is 12.1 Å². The predicted octanol–water partition coefficient (Wildman–Crippen LogP) is 2.50. The molecule has 0 spiro atoms. The number of hydrogen-bond donors (Lipinski definition) is 1. The van der Waals surface area contributed by atoms with Gasteiger partial charge in [-0.3, -0.25) is 4.57 Å². The van der Waals surface area contributed by atoms with Crippen LogP contribution in [0, 0.1) is 18.6 Å². The maximum absolute atomic E-state index is 13.5. The number of nitrogens with one attached hydrogen (secondary N) is 1. The van der Waals surface area contributed by atoms with Gasteiger partial charge in [-0.15, -0.1) is 0 Å². The van der Waals surface area contributed by atoms with Crippen molar-refractivity contribution in [2.75, 3.05) is 12.4 Å². The van der Waals surface area contributed by atoms with E-state index >= 15 is 0 Å². The monoisotopic (exact) mass is 223 g/mol. The second-order valence-electron chi connectivity index (χ2n) is 3.42. The minimum atomic E-state index is -0.617. The third-order valence-electron chi connectivity index (χ3n) is 2.22. The fourth-order valence-corrected chi connectivity index (χ4v) is 1.53. The molecule has 0 amide bonds. The molecule has 1 aromatic heterocycles. The van der Waals surface area contributed by atoms with Crippen LogP contribution in [0.3, 0.4) is 0 Å². The van der Waals surface area contributed by atoms with Crippen LogP contribution in [-0.2, 0) is 0 Å². The van der Waals surface area contributed by atoms with E-state index < -0.39 is 11.6 Å². The van der Waals surface area contributed by atoms with Gasteiger partial charge in [-0.25, -0.2) is 13.8 Å². The minimum absolute atomic E-state index is 0.270. The van der Waals surface area contributed by atoms with Gasteiger partial charge in [-0.2, -0.15) is 0 Å². The first-order valence-electron chi connectivity index (χ1n) is 4.81. The molecule has 84 valence electrons. The van der Waals surface area contributed by atoms with E-state index in [2.05, 4.69) is 10.3 Å². The highest BCUT2D eigenvalue weighted by Crippen LogP contribution is 2.19. The average Bonchev–Trinajstić information content (AvgIpc) is 2.59. The topological polar surface area (TPSA) is 29.9 Å². The molecule has 2 rings (SSSR count). The summed E-state index contributed by atoms with van der Waals surface area (Å²) in [6, 6.07) is 3.45. The lowest BCUT2D eigenvalue weighted by molar-refractivity contribution is 0.578. The summed E-state index contributed by atoms with van der Waals surface area (Å²) in [5.41, 5.74) is 1.03. The molecule has 0 aliphatic carbocycles. The number of aryl methyl sites for hydroxylation is 1. The highest BCUT2D eigenvalue weighted by Gasteiger charge is 2.10. The molecule has 0 aliphatic rings. The van der Waals surface area contributed by atoms with Crippen molar-refractivity contribution in [2.24, 2.45) is 0 Å². The summed E-state index contributed by atoms with van der Waals surface area (Å²) < 4.78 is 27.9. The first kappa shape index (κ1) is 10.6. The van der Waals surface area contributed by atoms with Crippen LogP contribution in [0.25, 0.3) is 5.69 Å². The Kier molecular flexibility index (Phi) is 2.60. The quantitative estimate of drug-likeness (QED) is 0.847. The van der Waals surface area contributed by atoms with Gasteiger partial charge in [0.25, 0.3) is 0 Å². The van der Waals surface area contributed by atoms with Crippen LogP contribution in [-0.4, -0.2) is 16.6 Å². The summed E-state index contributed by atoms with van der Waals surface area (Å²) in [6.07, 6.45) is 1.68. The van der Waals surface area contributed by atoms with Crippen molar-refractivity contribution < 1.29 is 8.78 Å². The van der Waals surface area contributed by atoms with Gasteiger partial charge in [0.15, 0.2) is 0 Å². The Morgan fingerprint density at radius 3 is 2.69 bits per heavy atom. The van der Waals surface area contributed by atoms with Crippen molar-refractivity contribution in [3.05, 3.63) is 41.7 Å². The van der Waals surface area contributed by atoms with Crippen LogP contribution < -0.4 is 5.32 Å². The molecule has 0 fully saturated rings. The van der Waals surface area contributed by atoms with Gasteiger partial charge in [0.05, 0.1) is 11.4 Å². The lowest BCUT2D eigenvalue weighted by Crippen LogP contribution is -2.02. The van der Waals surface area contributed by atoms with E-state index in [0.29, 0.717) is 5.95 Å². The summed E-state index contributed by atoms with van der Waals surface area (Å²) in [4.78, 5) is 4.16. The number of aromatic nitrogens is 2. The first-order chi connectivity index (χ1) is 7.61. The molecule has 0 aliphatic heterocycles. The van der Waals surface area contributed by atoms with E-state index in [4.69, 9.17) is 0 Å². The molecule has 0 unspecified atom stereocenters. The molecular weight excluding hydrogens is 212 g/mol. The second-order valence-corrected chi connectivity index (χ2v) is 3.42. The van der Waals surface area contributed by atoms with Crippen molar-refractivity contribution in [2.45, 2.75) is 6.92 Å². The number of nitrogens with zero attached hydrogens (tertiary/aromatic N) is 2. The fourth-order valence-electron chi connectivity index (χ4n) is 1.53. The summed E-state index contributed by atoms with van der Waals surface area (Å²) in [6.45, 7) is 1.80. The zero-order valence-corrected chi connectivity index (χ0v) is 8.96. The van der Waals surface area contributed by atoms with Crippen LogP contribution >= 0.6 is 0 Å². The Hall–Kier alpha value is -1.91. The van der Waals surface area contributed by atoms with Crippen LogP contribution in [0.2, 0.25) is 0 Å². The highest BCUT2D eigenvalue weighted by atomic mass is 19.1. The van der Waals surface area contributed by atoms with E-state index in [9.17, 15) is 8.78 Å². The molecule has 3 nitrogen and oxygen atoms in total. The molecule has 0 bridgehead atoms. The Labute approximate surface area is 91.7 Å². The third kappa shape index (κ3) is 1.76. The minimum Gasteiger partial charge on any atom is -0.358 e. The number of imidazole rings is 1. The number of rotatable bonds is 2. The molecule has 1 N–H and O–H groups in total. The number of hydrogen-bond acceptors (Lipinski definition) is 2. The summed E-state index contributed by atoms with van der Waals surface area (Å²) in [5.74, 6) is -0.694. The van der Waals surface area contributed by atoms with Crippen molar-refractivity contribution >= 4 is 5.95 Å². The van der Waals surface area contributed by atoms with Crippen molar-refractivity contribution in [1.82, 2.24) is 9.55 Å². The van der Waals surface area contributed by atoms with E-state index in [-0.39, 0.29) is 5.69 Å². The van der Waals surface area contributed by atoms with Gasteiger partial charge >= 0.3 is 0 Å². The van der Waals surface area contributed by atoms with Crippen molar-refractivity contribution in [3.8, 4) is 5.69 Å². The normalized spacial score (nSPS) is 10.5. The van der Waals surface area contributed by atoms with Crippen LogP contribution in [0.15, 0.2) is 24.4 Å². The van der Waals surface area contributed by atoms with Crippen molar-refractivity contribution in [3.63, 3.8) is 0 Å². The largest absolute Gasteiger partial charge is 0.358 e. The lowest BCUT2D eigenvalue weighted by Gasteiger charge is -2.07. The maximum Gasteiger partial charge on any atom is 0.207 e. The number of anilines is 1. The summed E-state index contributed by atoms with van der Waals surface area (Å²) in [5, 5.41) is 2.85. The molecule has 1 heterocycles. The first-order valence-corrected chi connectivity index (χ1v) is 4.81. The molecule has 1 aromatic carbocycles. The molecule has 0 atom stereocenters.